The van der Waals surface area contributed by atoms with Crippen molar-refractivity contribution in [3.05, 3.63) is 34.1 Å². The fourth-order valence-corrected chi connectivity index (χ4v) is 4.14. The van der Waals surface area contributed by atoms with Crippen molar-refractivity contribution in [2.75, 3.05) is 6.54 Å². The van der Waals surface area contributed by atoms with E-state index in [4.69, 9.17) is 0 Å². The number of rotatable bonds is 6. The Hall–Kier alpha value is -0.410. The zero-order valence-corrected chi connectivity index (χ0v) is 14.1. The Balaban J connectivity index is 1.90. The summed E-state index contributed by atoms with van der Waals surface area (Å²) >= 11 is 3.35. The molecule has 1 aliphatic carbocycles. The van der Waals surface area contributed by atoms with E-state index in [1.165, 1.54) is 38.2 Å². The molecular weight excluding hydrogens is 317 g/mol. The first kappa shape index (κ1) is 16.0. The maximum atomic E-state index is 13.3. The van der Waals surface area contributed by atoms with E-state index in [0.29, 0.717) is 5.41 Å². The normalized spacial score (nSPS) is 17.9. The van der Waals surface area contributed by atoms with Gasteiger partial charge in [0.15, 0.2) is 0 Å². The Morgan fingerprint density at radius 2 is 1.95 bits per heavy atom. The summed E-state index contributed by atoms with van der Waals surface area (Å²) in [7, 11) is 0. The molecule has 1 aromatic rings. The van der Waals surface area contributed by atoms with Gasteiger partial charge in [0.25, 0.3) is 0 Å². The second-order valence-electron chi connectivity index (χ2n) is 6.69. The molecule has 1 N–H and O–H groups in total. The van der Waals surface area contributed by atoms with E-state index in [2.05, 4.69) is 35.1 Å². The Morgan fingerprint density at radius 3 is 2.55 bits per heavy atom. The molecule has 0 aliphatic heterocycles. The molecule has 112 valence electrons. The van der Waals surface area contributed by atoms with E-state index in [-0.39, 0.29) is 5.82 Å². The summed E-state index contributed by atoms with van der Waals surface area (Å²) in [6.07, 6.45) is 6.70. The van der Waals surface area contributed by atoms with Crippen LogP contribution in [0.2, 0.25) is 0 Å². The minimum Gasteiger partial charge on any atom is -0.312 e. The molecule has 1 aromatic carbocycles. The highest BCUT2D eigenvalue weighted by atomic mass is 79.9. The van der Waals surface area contributed by atoms with Crippen LogP contribution in [0.15, 0.2) is 22.7 Å². The molecule has 0 unspecified atom stereocenters. The van der Waals surface area contributed by atoms with Crippen molar-refractivity contribution in [2.24, 2.45) is 11.3 Å². The van der Waals surface area contributed by atoms with Crippen molar-refractivity contribution in [3.63, 3.8) is 0 Å². The van der Waals surface area contributed by atoms with Gasteiger partial charge in [-0.3, -0.25) is 0 Å². The highest BCUT2D eigenvalue weighted by Crippen LogP contribution is 2.42. The molecule has 1 saturated carbocycles. The lowest BCUT2D eigenvalue weighted by Crippen LogP contribution is -2.33. The SMILES string of the molecule is CC(C)CC1(CNCc2cc(F)cc(Br)c2)CCCC1. The number of benzene rings is 1. The van der Waals surface area contributed by atoms with Crippen molar-refractivity contribution in [1.29, 1.82) is 0 Å². The predicted octanol–water partition coefficient (Wildman–Crippen LogP) is 5.28. The van der Waals surface area contributed by atoms with Crippen molar-refractivity contribution in [3.8, 4) is 0 Å². The zero-order chi connectivity index (χ0) is 14.6. The summed E-state index contributed by atoms with van der Waals surface area (Å²) in [5.41, 5.74) is 1.48. The molecule has 1 nitrogen and oxygen atoms in total. The molecule has 1 fully saturated rings. The van der Waals surface area contributed by atoms with Crippen LogP contribution < -0.4 is 5.32 Å². The molecule has 1 aliphatic rings. The van der Waals surface area contributed by atoms with Crippen LogP contribution in [0.5, 0.6) is 0 Å². The van der Waals surface area contributed by atoms with Gasteiger partial charge in [-0.25, -0.2) is 4.39 Å². The van der Waals surface area contributed by atoms with E-state index in [0.717, 1.165) is 29.0 Å². The zero-order valence-electron chi connectivity index (χ0n) is 12.5. The molecule has 20 heavy (non-hydrogen) atoms. The smallest absolute Gasteiger partial charge is 0.124 e. The molecule has 0 spiro atoms. The summed E-state index contributed by atoms with van der Waals surface area (Å²) in [5.74, 6) is 0.576. The predicted molar refractivity (Wildman–Crippen MR) is 86.2 cm³/mol. The second kappa shape index (κ2) is 7.04. The van der Waals surface area contributed by atoms with Gasteiger partial charge >= 0.3 is 0 Å². The van der Waals surface area contributed by atoms with Crippen LogP contribution in [0.4, 0.5) is 4.39 Å². The van der Waals surface area contributed by atoms with Gasteiger partial charge in [0.2, 0.25) is 0 Å². The van der Waals surface area contributed by atoms with E-state index in [1.807, 2.05) is 6.07 Å². The fourth-order valence-electron chi connectivity index (χ4n) is 3.63. The van der Waals surface area contributed by atoms with Gasteiger partial charge in [-0.15, -0.1) is 0 Å². The van der Waals surface area contributed by atoms with E-state index in [1.54, 1.807) is 6.07 Å². The summed E-state index contributed by atoms with van der Waals surface area (Å²) in [4.78, 5) is 0. The first-order valence-corrected chi connectivity index (χ1v) is 8.44. The van der Waals surface area contributed by atoms with Crippen LogP contribution in [0.3, 0.4) is 0 Å². The van der Waals surface area contributed by atoms with Crippen LogP contribution in [0, 0.1) is 17.2 Å². The molecule has 3 heteroatoms. The number of hydrogen-bond donors (Lipinski definition) is 1. The number of halogens is 2. The summed E-state index contributed by atoms with van der Waals surface area (Å²) in [5, 5.41) is 3.56. The van der Waals surface area contributed by atoms with Gasteiger partial charge in [0.05, 0.1) is 0 Å². The maximum absolute atomic E-state index is 13.3. The van der Waals surface area contributed by atoms with Crippen LogP contribution >= 0.6 is 15.9 Å². The van der Waals surface area contributed by atoms with Crippen LogP contribution in [-0.4, -0.2) is 6.54 Å². The van der Waals surface area contributed by atoms with Crippen LogP contribution in [0.25, 0.3) is 0 Å². The van der Waals surface area contributed by atoms with Gasteiger partial charge in [0, 0.05) is 17.6 Å². The molecule has 0 radical (unpaired) electrons. The minimum atomic E-state index is -0.172. The highest BCUT2D eigenvalue weighted by Gasteiger charge is 2.33. The number of hydrogen-bond acceptors (Lipinski definition) is 1. The molecule has 0 atom stereocenters. The summed E-state index contributed by atoms with van der Waals surface area (Å²) < 4.78 is 14.2. The van der Waals surface area contributed by atoms with Gasteiger partial charge in [0.1, 0.15) is 5.82 Å². The molecule has 0 amide bonds. The van der Waals surface area contributed by atoms with Gasteiger partial charge in [-0.05, 0) is 54.4 Å². The fraction of sp³-hybridized carbons (Fsp3) is 0.647. The summed E-state index contributed by atoms with van der Waals surface area (Å²) in [6.45, 7) is 6.42. The molecule has 0 bridgehead atoms. The largest absolute Gasteiger partial charge is 0.312 e. The van der Waals surface area contributed by atoms with E-state index < -0.39 is 0 Å². The maximum Gasteiger partial charge on any atom is 0.124 e. The average Bonchev–Trinajstić information content (AvgIpc) is 2.75. The van der Waals surface area contributed by atoms with Gasteiger partial charge < -0.3 is 5.32 Å². The Labute approximate surface area is 130 Å². The summed E-state index contributed by atoms with van der Waals surface area (Å²) in [6, 6.07) is 5.10. The van der Waals surface area contributed by atoms with Gasteiger partial charge in [-0.2, -0.15) is 0 Å². The molecule has 0 aromatic heterocycles. The molecule has 0 saturated heterocycles. The minimum absolute atomic E-state index is 0.172. The number of nitrogens with one attached hydrogen (secondary N) is 1. The van der Waals surface area contributed by atoms with Crippen LogP contribution in [-0.2, 0) is 6.54 Å². The lowest BCUT2D eigenvalue weighted by molar-refractivity contribution is 0.223. The van der Waals surface area contributed by atoms with E-state index in [9.17, 15) is 4.39 Å². The topological polar surface area (TPSA) is 12.0 Å². The lowest BCUT2D eigenvalue weighted by atomic mass is 9.78. The third-order valence-corrected chi connectivity index (χ3v) is 4.71. The van der Waals surface area contributed by atoms with Crippen molar-refractivity contribution in [1.82, 2.24) is 5.32 Å². The highest BCUT2D eigenvalue weighted by molar-refractivity contribution is 9.10. The average molecular weight is 342 g/mol. The monoisotopic (exact) mass is 341 g/mol. The Morgan fingerprint density at radius 1 is 1.25 bits per heavy atom. The second-order valence-corrected chi connectivity index (χ2v) is 7.60. The van der Waals surface area contributed by atoms with E-state index >= 15 is 0 Å². The lowest BCUT2D eigenvalue weighted by Gasteiger charge is -2.31. The first-order valence-electron chi connectivity index (χ1n) is 7.65. The molecule has 0 heterocycles. The quantitative estimate of drug-likeness (QED) is 0.741. The Bertz CT molecular complexity index is 418. The Kier molecular flexibility index (Phi) is 5.62. The van der Waals surface area contributed by atoms with Crippen molar-refractivity contribution < 1.29 is 4.39 Å². The van der Waals surface area contributed by atoms with Gasteiger partial charge in [-0.1, -0.05) is 42.6 Å². The van der Waals surface area contributed by atoms with Crippen molar-refractivity contribution in [2.45, 2.75) is 52.5 Å². The third-order valence-electron chi connectivity index (χ3n) is 4.26. The molecule has 2 rings (SSSR count). The van der Waals surface area contributed by atoms with Crippen molar-refractivity contribution >= 4 is 15.9 Å². The first-order chi connectivity index (χ1) is 9.49. The standard InChI is InChI=1S/C17H25BrFN/c1-13(2)10-17(5-3-4-6-17)12-20-11-14-7-15(18)9-16(19)8-14/h7-9,13,20H,3-6,10-12H2,1-2H3. The third kappa shape index (κ3) is 4.56. The van der Waals surface area contributed by atoms with Crippen LogP contribution in [0.1, 0.15) is 51.5 Å². The molecular formula is C17H25BrFN.